The smallest absolute Gasteiger partial charge is 0.135 e. The molecule has 0 aliphatic rings. The van der Waals surface area contributed by atoms with E-state index in [4.69, 9.17) is 37.9 Å². The summed E-state index contributed by atoms with van der Waals surface area (Å²) in [6.45, 7) is 9.41. The Morgan fingerprint density at radius 2 is 0.820 bits per heavy atom. The van der Waals surface area contributed by atoms with Gasteiger partial charge in [-0.15, -0.1) is 13.2 Å². The van der Waals surface area contributed by atoms with Gasteiger partial charge < -0.3 is 37.9 Å². The molecule has 0 fully saturated rings. The van der Waals surface area contributed by atoms with Crippen LogP contribution in [0.2, 0.25) is 0 Å². The lowest BCUT2D eigenvalue weighted by Gasteiger charge is -2.23. The third kappa shape index (κ3) is 14.6. The Morgan fingerprint density at radius 1 is 0.393 bits per heavy atom. The summed E-state index contributed by atoms with van der Waals surface area (Å²) in [5, 5.41) is 0. The van der Waals surface area contributed by atoms with Crippen molar-refractivity contribution in [2.24, 2.45) is 0 Å². The van der Waals surface area contributed by atoms with Crippen LogP contribution in [-0.4, -0.2) is 35.0 Å². The highest BCUT2D eigenvalue weighted by Gasteiger charge is 2.25. The molecule has 0 aromatic heterocycles. The summed E-state index contributed by atoms with van der Waals surface area (Å²) in [7, 11) is 6.68. The Bertz CT molecular complexity index is 1980. The maximum Gasteiger partial charge on any atom is 0.135 e. The van der Waals surface area contributed by atoms with Crippen molar-refractivity contribution in [1.82, 2.24) is 0 Å². The first-order valence-corrected chi connectivity index (χ1v) is 21.5. The molecule has 0 saturated carbocycles. The van der Waals surface area contributed by atoms with Gasteiger partial charge in [0.15, 0.2) is 0 Å². The van der Waals surface area contributed by atoms with Gasteiger partial charge in [0.2, 0.25) is 0 Å². The van der Waals surface area contributed by atoms with Gasteiger partial charge in [0.25, 0.3) is 0 Å². The lowest BCUT2D eigenvalue weighted by molar-refractivity contribution is 0.276. The first-order valence-electron chi connectivity index (χ1n) is 21.5. The van der Waals surface area contributed by atoms with Crippen molar-refractivity contribution in [2.45, 2.75) is 90.4 Å². The summed E-state index contributed by atoms with van der Waals surface area (Å²) < 4.78 is 49.0. The standard InChI is InChI=1S/C53H64O8/c1-7-9-11-12-13-14-15-16-18-32-58-48-35-50(60-38-41-22-28-45(55-4)29-23-41)53(51(36-48)61-39-42-24-30-46(56-5)31-25-42)52-43(19-17-10-8-2)33-47(34-49(52)57-6)59-37-40-20-26-44(54-3)27-21-40/h7-8,20-31,33-36H,1-2,9-19,32,37-39H2,3-6H3. The predicted molar refractivity (Wildman–Crippen MR) is 246 cm³/mol. The molecule has 0 unspecified atom stereocenters. The van der Waals surface area contributed by atoms with E-state index in [9.17, 15) is 0 Å². The number of hydrogen-bond acceptors (Lipinski definition) is 8. The monoisotopic (exact) mass is 828 g/mol. The molecule has 5 rings (SSSR count). The number of methoxy groups -OCH3 is 4. The number of rotatable bonds is 29. The van der Waals surface area contributed by atoms with Crippen molar-refractivity contribution in [3.8, 4) is 57.1 Å². The molecule has 61 heavy (non-hydrogen) atoms. The minimum atomic E-state index is 0.308. The van der Waals surface area contributed by atoms with E-state index < -0.39 is 0 Å². The van der Waals surface area contributed by atoms with Crippen molar-refractivity contribution < 1.29 is 37.9 Å². The minimum absolute atomic E-state index is 0.308. The molecule has 0 aliphatic heterocycles. The van der Waals surface area contributed by atoms with E-state index in [1.54, 1.807) is 28.4 Å². The highest BCUT2D eigenvalue weighted by molar-refractivity contribution is 5.85. The van der Waals surface area contributed by atoms with E-state index in [-0.39, 0.29) is 0 Å². The van der Waals surface area contributed by atoms with Crippen molar-refractivity contribution in [3.63, 3.8) is 0 Å². The Balaban J connectivity index is 1.54. The van der Waals surface area contributed by atoms with E-state index in [0.29, 0.717) is 55.2 Å². The zero-order valence-electron chi connectivity index (χ0n) is 36.7. The van der Waals surface area contributed by atoms with E-state index in [0.717, 1.165) is 89.2 Å². The molecule has 0 bridgehead atoms. The summed E-state index contributed by atoms with van der Waals surface area (Å²) in [6, 6.07) is 31.7. The average Bonchev–Trinajstić information content (AvgIpc) is 3.30. The molecule has 8 nitrogen and oxygen atoms in total. The maximum atomic E-state index is 6.81. The Hall–Kier alpha value is -6.02. The van der Waals surface area contributed by atoms with Crippen LogP contribution < -0.4 is 37.9 Å². The van der Waals surface area contributed by atoms with E-state index in [1.165, 1.54) is 32.1 Å². The Morgan fingerprint density at radius 3 is 1.30 bits per heavy atom. The van der Waals surface area contributed by atoms with Crippen LogP contribution >= 0.6 is 0 Å². The van der Waals surface area contributed by atoms with Crippen LogP contribution in [0.1, 0.15) is 86.5 Å². The lowest BCUT2D eigenvalue weighted by atomic mass is 9.93. The molecule has 0 N–H and O–H groups in total. The molecule has 0 radical (unpaired) electrons. The molecular formula is C53H64O8. The van der Waals surface area contributed by atoms with Gasteiger partial charge in [-0.05, 0) is 103 Å². The van der Waals surface area contributed by atoms with Crippen LogP contribution in [0.25, 0.3) is 11.1 Å². The van der Waals surface area contributed by atoms with E-state index in [1.807, 2.05) is 103 Å². The third-order valence-electron chi connectivity index (χ3n) is 10.5. The van der Waals surface area contributed by atoms with Gasteiger partial charge in [0.1, 0.15) is 65.8 Å². The van der Waals surface area contributed by atoms with Crippen LogP contribution in [0, 0.1) is 0 Å². The minimum Gasteiger partial charge on any atom is -0.497 e. The summed E-state index contributed by atoms with van der Waals surface area (Å²) in [5.41, 5.74) is 5.69. The molecule has 0 atom stereocenters. The number of allylic oxidation sites excluding steroid dienone is 2. The summed E-state index contributed by atoms with van der Waals surface area (Å²) in [5.74, 6) is 5.61. The molecule has 8 heteroatoms. The maximum absolute atomic E-state index is 6.81. The summed E-state index contributed by atoms with van der Waals surface area (Å²) in [6.07, 6.45) is 15.7. The van der Waals surface area contributed by atoms with Crippen LogP contribution in [0.15, 0.2) is 122 Å². The van der Waals surface area contributed by atoms with Gasteiger partial charge in [-0.25, -0.2) is 0 Å². The first-order chi connectivity index (χ1) is 30.0. The second kappa shape index (κ2) is 25.6. The largest absolute Gasteiger partial charge is 0.497 e. The molecule has 324 valence electrons. The highest BCUT2D eigenvalue weighted by atomic mass is 16.5. The number of benzene rings is 5. The molecular weight excluding hydrogens is 765 g/mol. The fourth-order valence-electron chi connectivity index (χ4n) is 7.05. The van der Waals surface area contributed by atoms with Crippen molar-refractivity contribution in [3.05, 3.63) is 145 Å². The van der Waals surface area contributed by atoms with Crippen molar-refractivity contribution in [1.29, 1.82) is 0 Å². The van der Waals surface area contributed by atoms with Crippen LogP contribution in [0.4, 0.5) is 0 Å². The molecule has 5 aromatic carbocycles. The zero-order valence-corrected chi connectivity index (χ0v) is 36.7. The lowest BCUT2D eigenvalue weighted by Crippen LogP contribution is -2.06. The predicted octanol–water partition coefficient (Wildman–Crippen LogP) is 13.3. The number of ether oxygens (including phenoxy) is 8. The van der Waals surface area contributed by atoms with Gasteiger partial charge in [-0.1, -0.05) is 80.7 Å². The van der Waals surface area contributed by atoms with Crippen molar-refractivity contribution >= 4 is 0 Å². The highest BCUT2D eigenvalue weighted by Crippen LogP contribution is 2.49. The van der Waals surface area contributed by atoms with Gasteiger partial charge in [0.05, 0.1) is 40.6 Å². The topological polar surface area (TPSA) is 73.8 Å². The normalized spacial score (nSPS) is 10.8. The van der Waals surface area contributed by atoms with Gasteiger partial charge in [-0.3, -0.25) is 0 Å². The van der Waals surface area contributed by atoms with Crippen LogP contribution in [0.5, 0.6) is 46.0 Å². The number of unbranched alkanes of at least 4 members (excludes halogenated alkanes) is 8. The quantitative estimate of drug-likeness (QED) is 0.0349. The Kier molecular flexibility index (Phi) is 19.3. The zero-order chi connectivity index (χ0) is 43.1. The summed E-state index contributed by atoms with van der Waals surface area (Å²) >= 11 is 0. The molecule has 0 amide bonds. The van der Waals surface area contributed by atoms with E-state index in [2.05, 4.69) is 19.2 Å². The van der Waals surface area contributed by atoms with Crippen LogP contribution in [-0.2, 0) is 26.2 Å². The second-order valence-electron chi connectivity index (χ2n) is 14.9. The molecule has 0 heterocycles. The summed E-state index contributed by atoms with van der Waals surface area (Å²) in [4.78, 5) is 0. The molecule has 5 aromatic rings. The average molecular weight is 829 g/mol. The first kappa shape index (κ1) is 46.1. The van der Waals surface area contributed by atoms with Gasteiger partial charge >= 0.3 is 0 Å². The SMILES string of the molecule is C=CCCCCCCCCCOc1cc(OCc2ccc(OC)cc2)c(-c2c(CCCC=C)cc(OCc3ccc(OC)cc3)cc2OC)c(OCc2ccc(OC)cc2)c1. The fraction of sp³-hybridized carbons (Fsp3) is 0.358. The van der Waals surface area contributed by atoms with Gasteiger partial charge in [0, 0.05) is 23.8 Å². The number of hydrogen-bond donors (Lipinski definition) is 0. The molecule has 0 spiro atoms. The van der Waals surface area contributed by atoms with Crippen molar-refractivity contribution in [2.75, 3.05) is 35.0 Å². The molecule has 0 aliphatic carbocycles. The third-order valence-corrected chi connectivity index (χ3v) is 10.5. The second-order valence-corrected chi connectivity index (χ2v) is 14.9. The Labute approximate surface area is 364 Å². The number of aryl methyl sites for hydroxylation is 1. The molecule has 0 saturated heterocycles. The van der Waals surface area contributed by atoms with Gasteiger partial charge in [-0.2, -0.15) is 0 Å². The fourth-order valence-corrected chi connectivity index (χ4v) is 7.05. The van der Waals surface area contributed by atoms with E-state index >= 15 is 0 Å². The van der Waals surface area contributed by atoms with Crippen LogP contribution in [0.3, 0.4) is 0 Å².